The fourth-order valence-electron chi connectivity index (χ4n) is 2.32. The zero-order chi connectivity index (χ0) is 23.2. The smallest absolute Gasteiger partial charge is 0.408 e. The Morgan fingerprint density at radius 2 is 1.77 bits per heavy atom. The minimum Gasteiger partial charge on any atom is -0.480 e. The van der Waals surface area contributed by atoms with E-state index in [1.165, 1.54) is 0 Å². The highest BCUT2D eigenvalue weighted by atomic mass is 16.5. The Labute approximate surface area is 178 Å². The lowest BCUT2D eigenvalue weighted by Gasteiger charge is -2.18. The number of primary amides is 1. The number of hydrogen-bond donors (Lipinski definition) is 5. The van der Waals surface area contributed by atoms with Crippen molar-refractivity contribution in [3.05, 3.63) is 35.9 Å². The van der Waals surface area contributed by atoms with Gasteiger partial charge in [0.1, 0.15) is 18.7 Å². The summed E-state index contributed by atoms with van der Waals surface area (Å²) in [6.45, 7) is -0.605. The van der Waals surface area contributed by atoms with E-state index in [1.807, 2.05) is 0 Å². The molecule has 6 N–H and O–H groups in total. The zero-order valence-electron chi connectivity index (χ0n) is 16.6. The van der Waals surface area contributed by atoms with Crippen LogP contribution in [0.3, 0.4) is 0 Å². The number of terminal acetylenes is 1. The van der Waals surface area contributed by atoms with E-state index in [0.717, 1.165) is 5.56 Å². The van der Waals surface area contributed by atoms with Gasteiger partial charge in [0, 0.05) is 12.8 Å². The number of ether oxygens (including phenoxy) is 1. The van der Waals surface area contributed by atoms with Crippen molar-refractivity contribution in [2.24, 2.45) is 5.73 Å². The molecular weight excluding hydrogens is 408 g/mol. The molecule has 4 amide bonds. The number of carbonyl (C=O) groups is 5. The number of carboxylic acid groups (broad SMARTS) is 1. The standard InChI is InChI=1S/C20H24N4O7/c1-2-6-15(19(28)29)23-17(26)11-22-18(27)14(9-10-16(21)25)24-20(30)31-12-13-7-4-3-5-8-13/h1,3-5,7-8,14-15H,6,9-12H2,(H2,21,25)(H,22,27)(H,23,26)(H,24,30)(H,28,29)/t14-,15?/m0/s1. The van der Waals surface area contributed by atoms with Crippen LogP contribution >= 0.6 is 0 Å². The Bertz CT molecular complexity index is 836. The second kappa shape index (κ2) is 13.2. The van der Waals surface area contributed by atoms with Crippen LogP contribution in [0.25, 0.3) is 0 Å². The molecule has 0 aromatic heterocycles. The zero-order valence-corrected chi connectivity index (χ0v) is 16.6. The molecule has 1 rings (SSSR count). The van der Waals surface area contributed by atoms with E-state index in [-0.39, 0.29) is 25.9 Å². The van der Waals surface area contributed by atoms with Gasteiger partial charge in [0.2, 0.25) is 17.7 Å². The molecular formula is C20H24N4O7. The number of hydrogen-bond acceptors (Lipinski definition) is 6. The summed E-state index contributed by atoms with van der Waals surface area (Å²) in [5.41, 5.74) is 5.82. The van der Waals surface area contributed by atoms with Gasteiger partial charge >= 0.3 is 12.1 Å². The third-order valence-electron chi connectivity index (χ3n) is 3.88. The van der Waals surface area contributed by atoms with Crippen molar-refractivity contribution in [2.45, 2.75) is 38.0 Å². The van der Waals surface area contributed by atoms with Crippen LogP contribution in [0.2, 0.25) is 0 Å². The molecule has 1 aromatic rings. The maximum Gasteiger partial charge on any atom is 0.408 e. The van der Waals surface area contributed by atoms with E-state index in [0.29, 0.717) is 0 Å². The van der Waals surface area contributed by atoms with Gasteiger partial charge in [-0.2, -0.15) is 0 Å². The maximum absolute atomic E-state index is 12.4. The SMILES string of the molecule is C#CCC(NC(=O)CNC(=O)[C@H](CCC(N)=O)NC(=O)OCc1ccccc1)C(=O)O. The van der Waals surface area contributed by atoms with Crippen LogP contribution in [0.5, 0.6) is 0 Å². The Balaban J connectivity index is 2.61. The van der Waals surface area contributed by atoms with Crippen LogP contribution in [0.4, 0.5) is 4.79 Å². The average Bonchev–Trinajstić information content (AvgIpc) is 2.73. The molecule has 2 atom stereocenters. The molecule has 1 unspecified atom stereocenters. The first-order valence-electron chi connectivity index (χ1n) is 9.21. The van der Waals surface area contributed by atoms with Crippen LogP contribution < -0.4 is 21.7 Å². The number of benzene rings is 1. The molecule has 166 valence electrons. The summed E-state index contributed by atoms with van der Waals surface area (Å²) < 4.78 is 5.04. The van der Waals surface area contributed by atoms with E-state index >= 15 is 0 Å². The van der Waals surface area contributed by atoms with Gasteiger partial charge in [0.15, 0.2) is 0 Å². The fraction of sp³-hybridized carbons (Fsp3) is 0.350. The Hall–Kier alpha value is -4.07. The minimum atomic E-state index is -1.32. The van der Waals surface area contributed by atoms with E-state index in [2.05, 4.69) is 21.9 Å². The summed E-state index contributed by atoms with van der Waals surface area (Å²) >= 11 is 0. The molecule has 11 nitrogen and oxygen atoms in total. The summed E-state index contributed by atoms with van der Waals surface area (Å²) in [5, 5.41) is 15.7. The molecule has 0 fully saturated rings. The lowest BCUT2D eigenvalue weighted by Crippen LogP contribution is -2.51. The number of amides is 4. The lowest BCUT2D eigenvalue weighted by molar-refractivity contribution is -0.141. The molecule has 0 bridgehead atoms. The quantitative estimate of drug-likeness (QED) is 0.270. The molecule has 0 radical (unpaired) electrons. The van der Waals surface area contributed by atoms with Gasteiger partial charge in [-0.1, -0.05) is 30.3 Å². The fourth-order valence-corrected chi connectivity index (χ4v) is 2.32. The van der Waals surface area contributed by atoms with Crippen molar-refractivity contribution in [1.82, 2.24) is 16.0 Å². The monoisotopic (exact) mass is 432 g/mol. The van der Waals surface area contributed by atoms with Crippen molar-refractivity contribution in [1.29, 1.82) is 0 Å². The summed E-state index contributed by atoms with van der Waals surface area (Å²) in [7, 11) is 0. The molecule has 11 heteroatoms. The van der Waals surface area contributed by atoms with E-state index in [1.54, 1.807) is 30.3 Å². The normalized spacial score (nSPS) is 11.8. The third-order valence-corrected chi connectivity index (χ3v) is 3.88. The topological polar surface area (TPSA) is 177 Å². The minimum absolute atomic E-state index is 0.0367. The molecule has 1 aromatic carbocycles. The highest BCUT2D eigenvalue weighted by Gasteiger charge is 2.24. The number of carboxylic acids is 1. The summed E-state index contributed by atoms with van der Waals surface area (Å²) in [4.78, 5) is 58.3. The number of carbonyl (C=O) groups excluding carboxylic acids is 4. The van der Waals surface area contributed by atoms with Crippen LogP contribution in [0.15, 0.2) is 30.3 Å². The Morgan fingerprint density at radius 1 is 1.10 bits per heavy atom. The molecule has 0 spiro atoms. The van der Waals surface area contributed by atoms with Crippen molar-refractivity contribution in [3.63, 3.8) is 0 Å². The van der Waals surface area contributed by atoms with E-state index < -0.39 is 48.4 Å². The summed E-state index contributed by atoms with van der Waals surface area (Å²) in [6.07, 6.45) is 3.58. The predicted molar refractivity (Wildman–Crippen MR) is 108 cm³/mol. The first-order chi connectivity index (χ1) is 14.7. The van der Waals surface area contributed by atoms with Gasteiger partial charge in [-0.05, 0) is 12.0 Å². The largest absolute Gasteiger partial charge is 0.480 e. The second-order valence-electron chi connectivity index (χ2n) is 6.35. The highest BCUT2D eigenvalue weighted by Crippen LogP contribution is 2.03. The Kier molecular flexibility index (Phi) is 10.6. The van der Waals surface area contributed by atoms with Gasteiger partial charge in [-0.15, -0.1) is 12.3 Å². The first kappa shape index (κ1) is 25.0. The third kappa shape index (κ3) is 10.3. The Morgan fingerprint density at radius 3 is 2.35 bits per heavy atom. The lowest BCUT2D eigenvalue weighted by atomic mass is 10.1. The van der Waals surface area contributed by atoms with Crippen LogP contribution in [0.1, 0.15) is 24.8 Å². The van der Waals surface area contributed by atoms with Gasteiger partial charge in [0.05, 0.1) is 6.54 Å². The van der Waals surface area contributed by atoms with Crippen LogP contribution in [-0.4, -0.2) is 53.5 Å². The van der Waals surface area contributed by atoms with E-state index in [9.17, 15) is 24.0 Å². The van der Waals surface area contributed by atoms with Crippen LogP contribution in [0, 0.1) is 12.3 Å². The predicted octanol–water partition coefficient (Wildman–Crippen LogP) is -0.744. The van der Waals surface area contributed by atoms with Crippen LogP contribution in [-0.2, 0) is 30.5 Å². The van der Waals surface area contributed by atoms with Crippen molar-refractivity contribution < 1.29 is 33.8 Å². The van der Waals surface area contributed by atoms with E-state index in [4.69, 9.17) is 22.0 Å². The molecule has 0 heterocycles. The average molecular weight is 432 g/mol. The molecule has 31 heavy (non-hydrogen) atoms. The van der Waals surface area contributed by atoms with Gasteiger partial charge in [0.25, 0.3) is 0 Å². The van der Waals surface area contributed by atoms with Crippen molar-refractivity contribution in [3.8, 4) is 12.3 Å². The van der Waals surface area contributed by atoms with Gasteiger partial charge in [-0.3, -0.25) is 14.4 Å². The molecule has 0 aliphatic carbocycles. The maximum atomic E-state index is 12.4. The summed E-state index contributed by atoms with van der Waals surface area (Å²) in [6, 6.07) is 6.32. The number of rotatable bonds is 12. The second-order valence-corrected chi connectivity index (χ2v) is 6.35. The first-order valence-corrected chi connectivity index (χ1v) is 9.21. The summed E-state index contributed by atoms with van der Waals surface area (Å²) in [5.74, 6) is -1.46. The number of aliphatic carboxylic acids is 1. The molecule has 0 saturated heterocycles. The highest BCUT2D eigenvalue weighted by molar-refractivity contribution is 5.91. The molecule has 0 aliphatic heterocycles. The molecule has 0 aliphatic rings. The number of alkyl carbamates (subject to hydrolysis) is 1. The van der Waals surface area contributed by atoms with Crippen molar-refractivity contribution in [2.75, 3.05) is 6.54 Å². The number of nitrogens with two attached hydrogens (primary N) is 1. The number of nitrogens with one attached hydrogen (secondary N) is 3. The van der Waals surface area contributed by atoms with Crippen molar-refractivity contribution >= 4 is 29.8 Å². The van der Waals surface area contributed by atoms with Gasteiger partial charge in [-0.25, -0.2) is 9.59 Å². The van der Waals surface area contributed by atoms with Gasteiger partial charge < -0.3 is 31.5 Å². The molecule has 0 saturated carbocycles.